The molecule has 1 heterocycles. The standard InChI is InChI=1S/C22H29N3O4/c1-14-6-20(25(27)28)19(24-2-4-29-5-3-24)10-18(14)23-21(26)22-11-15-7-16(12-22)9-17(8-15)13-22/h6,10,15-17H,2-5,7-9,11-13H2,1H3,(H,23,26). The van der Waals surface area contributed by atoms with E-state index in [1.807, 2.05) is 11.8 Å². The molecule has 4 bridgehead atoms. The summed E-state index contributed by atoms with van der Waals surface area (Å²) in [5, 5.41) is 14.8. The van der Waals surface area contributed by atoms with Crippen LogP contribution in [0.1, 0.15) is 44.1 Å². The summed E-state index contributed by atoms with van der Waals surface area (Å²) in [6.45, 7) is 4.18. The number of ether oxygens (including phenoxy) is 1. The Balaban J connectivity index is 1.43. The van der Waals surface area contributed by atoms with Crippen molar-refractivity contribution in [2.24, 2.45) is 23.2 Å². The molecular formula is C22H29N3O4. The normalized spacial score (nSPS) is 33.0. The van der Waals surface area contributed by atoms with Crippen LogP contribution < -0.4 is 10.2 Å². The van der Waals surface area contributed by atoms with Crippen molar-refractivity contribution in [3.8, 4) is 0 Å². The maximum atomic E-state index is 13.4. The Kier molecular flexibility index (Phi) is 4.53. The van der Waals surface area contributed by atoms with Crippen LogP contribution in [0, 0.1) is 40.2 Å². The van der Waals surface area contributed by atoms with E-state index in [0.717, 1.165) is 24.8 Å². The molecule has 0 spiro atoms. The molecule has 4 saturated carbocycles. The van der Waals surface area contributed by atoms with Crippen molar-refractivity contribution in [2.75, 3.05) is 36.5 Å². The van der Waals surface area contributed by atoms with Crippen molar-refractivity contribution >= 4 is 23.0 Å². The third-order valence-corrected chi connectivity index (χ3v) is 7.64. The quantitative estimate of drug-likeness (QED) is 0.613. The van der Waals surface area contributed by atoms with Gasteiger partial charge in [-0.25, -0.2) is 0 Å². The number of anilines is 2. The van der Waals surface area contributed by atoms with Crippen molar-refractivity contribution in [3.63, 3.8) is 0 Å². The zero-order valence-corrected chi connectivity index (χ0v) is 17.0. The van der Waals surface area contributed by atoms with E-state index in [0.29, 0.717) is 55.4 Å². The molecule has 5 aliphatic rings. The largest absolute Gasteiger partial charge is 0.378 e. The molecule has 1 saturated heterocycles. The van der Waals surface area contributed by atoms with Crippen molar-refractivity contribution < 1.29 is 14.5 Å². The lowest BCUT2D eigenvalue weighted by Gasteiger charge is -2.55. The van der Waals surface area contributed by atoms with Gasteiger partial charge in [0.1, 0.15) is 5.69 Å². The van der Waals surface area contributed by atoms with Gasteiger partial charge >= 0.3 is 0 Å². The minimum absolute atomic E-state index is 0.0946. The van der Waals surface area contributed by atoms with E-state index in [4.69, 9.17) is 4.74 Å². The minimum Gasteiger partial charge on any atom is -0.378 e. The van der Waals surface area contributed by atoms with Gasteiger partial charge in [0.05, 0.1) is 23.6 Å². The SMILES string of the molecule is Cc1cc([N+](=O)[O-])c(N2CCOCC2)cc1NC(=O)C12CC3CC(CC(C3)C1)C2. The Labute approximate surface area is 170 Å². The predicted molar refractivity (Wildman–Crippen MR) is 110 cm³/mol. The van der Waals surface area contributed by atoms with E-state index in [-0.39, 0.29) is 21.9 Å². The van der Waals surface area contributed by atoms with Gasteiger partial charge in [0, 0.05) is 24.8 Å². The molecular weight excluding hydrogens is 370 g/mol. The van der Waals surface area contributed by atoms with Gasteiger partial charge in [-0.15, -0.1) is 0 Å². The lowest BCUT2D eigenvalue weighted by atomic mass is 9.49. The summed E-state index contributed by atoms with van der Waals surface area (Å²) in [5.74, 6) is 2.23. The number of carbonyl (C=O) groups excluding carboxylic acids is 1. The van der Waals surface area contributed by atoms with Crippen molar-refractivity contribution in [1.82, 2.24) is 0 Å². The van der Waals surface area contributed by atoms with Crippen molar-refractivity contribution in [2.45, 2.75) is 45.4 Å². The first kappa shape index (κ1) is 18.9. The molecule has 1 amide bonds. The summed E-state index contributed by atoms with van der Waals surface area (Å²) >= 11 is 0. The summed E-state index contributed by atoms with van der Waals surface area (Å²) in [7, 11) is 0. The lowest BCUT2D eigenvalue weighted by Crippen LogP contribution is -2.51. The average Bonchev–Trinajstić information content (AvgIpc) is 2.68. The molecule has 4 aliphatic carbocycles. The van der Waals surface area contributed by atoms with Crippen LogP contribution in [0.2, 0.25) is 0 Å². The molecule has 0 atom stereocenters. The van der Waals surface area contributed by atoms with Gasteiger partial charge in [-0.1, -0.05) is 0 Å². The molecule has 156 valence electrons. The summed E-state index contributed by atoms with van der Waals surface area (Å²) in [5.41, 5.74) is 1.88. The molecule has 6 rings (SSSR count). The fraction of sp³-hybridized carbons (Fsp3) is 0.682. The first-order valence-corrected chi connectivity index (χ1v) is 10.9. The van der Waals surface area contributed by atoms with Crippen LogP contribution in [0.4, 0.5) is 17.1 Å². The third kappa shape index (κ3) is 3.29. The van der Waals surface area contributed by atoms with Crippen LogP contribution in [0.5, 0.6) is 0 Å². The number of hydrogen-bond acceptors (Lipinski definition) is 5. The van der Waals surface area contributed by atoms with Crippen molar-refractivity contribution in [3.05, 3.63) is 27.8 Å². The maximum absolute atomic E-state index is 13.4. The van der Waals surface area contributed by atoms with Gasteiger partial charge in [-0.2, -0.15) is 0 Å². The molecule has 5 fully saturated rings. The van der Waals surface area contributed by atoms with Crippen LogP contribution in [-0.4, -0.2) is 37.1 Å². The van der Waals surface area contributed by atoms with Crippen LogP contribution in [0.25, 0.3) is 0 Å². The highest BCUT2D eigenvalue weighted by Gasteiger charge is 2.54. The lowest BCUT2D eigenvalue weighted by molar-refractivity contribution is -0.384. The Bertz CT molecular complexity index is 811. The second kappa shape index (κ2) is 6.97. The first-order valence-electron chi connectivity index (χ1n) is 10.9. The molecule has 1 aliphatic heterocycles. The predicted octanol–water partition coefficient (Wildman–Crippen LogP) is 3.89. The highest BCUT2D eigenvalue weighted by atomic mass is 16.6. The van der Waals surface area contributed by atoms with Crippen LogP contribution in [0.3, 0.4) is 0 Å². The number of aryl methyl sites for hydroxylation is 1. The number of nitro benzene ring substituents is 1. The van der Waals surface area contributed by atoms with E-state index in [2.05, 4.69) is 5.32 Å². The topological polar surface area (TPSA) is 84.7 Å². The molecule has 0 aromatic heterocycles. The molecule has 1 aromatic rings. The highest BCUT2D eigenvalue weighted by Crippen LogP contribution is 2.60. The Morgan fingerprint density at radius 3 is 2.28 bits per heavy atom. The second-order valence-electron chi connectivity index (χ2n) is 9.66. The number of carbonyl (C=O) groups is 1. The van der Waals surface area contributed by atoms with Crippen LogP contribution in [-0.2, 0) is 9.53 Å². The van der Waals surface area contributed by atoms with E-state index in [1.54, 1.807) is 12.1 Å². The van der Waals surface area contributed by atoms with Gasteiger partial charge in [0.25, 0.3) is 5.69 Å². The number of amides is 1. The minimum atomic E-state index is -0.331. The molecule has 0 unspecified atom stereocenters. The Morgan fingerprint density at radius 1 is 1.14 bits per heavy atom. The fourth-order valence-electron chi connectivity index (χ4n) is 6.66. The number of benzene rings is 1. The number of rotatable bonds is 4. The number of nitrogens with zero attached hydrogens (tertiary/aromatic N) is 2. The maximum Gasteiger partial charge on any atom is 0.292 e. The van der Waals surface area contributed by atoms with Gasteiger partial charge in [-0.3, -0.25) is 14.9 Å². The molecule has 7 nitrogen and oxygen atoms in total. The van der Waals surface area contributed by atoms with E-state index in [1.165, 1.54) is 19.3 Å². The fourth-order valence-corrected chi connectivity index (χ4v) is 6.66. The monoisotopic (exact) mass is 399 g/mol. The number of nitro groups is 1. The van der Waals surface area contributed by atoms with Gasteiger partial charge in [0.2, 0.25) is 5.91 Å². The molecule has 29 heavy (non-hydrogen) atoms. The Morgan fingerprint density at radius 2 is 1.72 bits per heavy atom. The summed E-state index contributed by atoms with van der Waals surface area (Å²) in [6.07, 6.45) is 6.91. The van der Waals surface area contributed by atoms with Gasteiger partial charge in [0.15, 0.2) is 0 Å². The zero-order valence-electron chi connectivity index (χ0n) is 17.0. The number of nitrogens with one attached hydrogen (secondary N) is 1. The average molecular weight is 399 g/mol. The molecule has 1 N–H and O–H groups in total. The molecule has 1 aromatic carbocycles. The van der Waals surface area contributed by atoms with Crippen molar-refractivity contribution in [1.29, 1.82) is 0 Å². The molecule has 0 radical (unpaired) electrons. The van der Waals surface area contributed by atoms with E-state index >= 15 is 0 Å². The highest BCUT2D eigenvalue weighted by molar-refractivity contribution is 5.97. The summed E-state index contributed by atoms with van der Waals surface area (Å²) in [4.78, 5) is 26.7. The first-order chi connectivity index (χ1) is 13.9. The van der Waals surface area contributed by atoms with Crippen LogP contribution >= 0.6 is 0 Å². The van der Waals surface area contributed by atoms with Crippen LogP contribution in [0.15, 0.2) is 12.1 Å². The van der Waals surface area contributed by atoms with E-state index < -0.39 is 0 Å². The van der Waals surface area contributed by atoms with Gasteiger partial charge in [-0.05, 0) is 74.8 Å². The molecule has 7 heteroatoms. The Hall–Kier alpha value is -2.15. The summed E-state index contributed by atoms with van der Waals surface area (Å²) in [6, 6.07) is 3.40. The third-order valence-electron chi connectivity index (χ3n) is 7.64. The smallest absolute Gasteiger partial charge is 0.292 e. The number of hydrogen-bond donors (Lipinski definition) is 1. The van der Waals surface area contributed by atoms with E-state index in [9.17, 15) is 14.9 Å². The second-order valence-corrected chi connectivity index (χ2v) is 9.66. The number of morpholine rings is 1. The zero-order chi connectivity index (χ0) is 20.2. The summed E-state index contributed by atoms with van der Waals surface area (Å²) < 4.78 is 5.40. The van der Waals surface area contributed by atoms with Gasteiger partial charge < -0.3 is 15.0 Å².